The van der Waals surface area contributed by atoms with Crippen molar-refractivity contribution in [1.82, 2.24) is 10.9 Å². The number of nitrogens with zero attached hydrogens (tertiary/aromatic N) is 1. The second-order valence-corrected chi connectivity index (χ2v) is 2.05. The fourth-order valence-electron chi connectivity index (χ4n) is 0.894. The van der Waals surface area contributed by atoms with E-state index in [1.807, 2.05) is 0 Å². The third-order valence-corrected chi connectivity index (χ3v) is 1.36. The van der Waals surface area contributed by atoms with Crippen molar-refractivity contribution in [1.29, 1.82) is 0 Å². The zero-order chi connectivity index (χ0) is 5.11. The van der Waals surface area contributed by atoms with E-state index in [0.717, 1.165) is 13.1 Å². The lowest BCUT2D eigenvalue weighted by Crippen LogP contribution is -2.27. The highest BCUT2D eigenvalue weighted by molar-refractivity contribution is 4.56. The van der Waals surface area contributed by atoms with Crippen LogP contribution in [0.5, 0.6) is 0 Å². The zero-order valence-corrected chi connectivity index (χ0v) is 4.48. The second-order valence-electron chi connectivity index (χ2n) is 2.05. The van der Waals surface area contributed by atoms with Gasteiger partial charge in [-0.25, -0.2) is 5.01 Å². The van der Waals surface area contributed by atoms with Crippen LogP contribution in [0.4, 0.5) is 0 Å². The quantitative estimate of drug-likeness (QED) is 0.438. The van der Waals surface area contributed by atoms with Gasteiger partial charge < -0.3 is 0 Å². The van der Waals surface area contributed by atoms with Crippen molar-refractivity contribution < 1.29 is 0 Å². The predicted octanol–water partition coefficient (Wildman–Crippen LogP) is 0.670. The van der Waals surface area contributed by atoms with Gasteiger partial charge in [0.2, 0.25) is 0 Å². The third-order valence-electron chi connectivity index (χ3n) is 1.36. The van der Waals surface area contributed by atoms with Gasteiger partial charge in [0.15, 0.2) is 0 Å². The number of hydrogen-bond donors (Lipinski definition) is 0. The Morgan fingerprint density at radius 3 is 1.86 bits per heavy atom. The van der Waals surface area contributed by atoms with Crippen LogP contribution in [0.1, 0.15) is 19.3 Å². The van der Waals surface area contributed by atoms with Crippen LogP contribution < -0.4 is 5.84 Å². The smallest absolute Gasteiger partial charge is 0.0144 e. The van der Waals surface area contributed by atoms with Crippen LogP contribution in [-0.2, 0) is 0 Å². The molecule has 0 atom stereocenters. The molecule has 41 valence electrons. The van der Waals surface area contributed by atoms with Crippen LogP contribution in [0, 0.1) is 0 Å². The van der Waals surface area contributed by atoms with Gasteiger partial charge in [0.25, 0.3) is 0 Å². The van der Waals surface area contributed by atoms with Crippen LogP contribution in [0.25, 0.3) is 0 Å². The molecule has 0 aromatic rings. The maximum atomic E-state index is 7.11. The second kappa shape index (κ2) is 2.28. The molecule has 1 aliphatic rings. The first kappa shape index (κ1) is 5.06. The molecule has 0 saturated carbocycles. The zero-order valence-electron chi connectivity index (χ0n) is 4.48. The minimum atomic E-state index is 0.986. The Hall–Kier alpha value is -0.0800. The van der Waals surface area contributed by atoms with E-state index in [2.05, 4.69) is 0 Å². The van der Waals surface area contributed by atoms with Gasteiger partial charge >= 0.3 is 0 Å². The number of hydrogen-bond acceptors (Lipinski definition) is 1. The maximum Gasteiger partial charge on any atom is 0.0144 e. The van der Waals surface area contributed by atoms with E-state index >= 15 is 0 Å². The highest BCUT2D eigenvalue weighted by atomic mass is 15.4. The lowest BCUT2D eigenvalue weighted by molar-refractivity contribution is 0.221. The highest BCUT2D eigenvalue weighted by Crippen LogP contribution is 2.03. The van der Waals surface area contributed by atoms with Crippen molar-refractivity contribution >= 4 is 0 Å². The number of piperidine rings is 1. The first-order valence-corrected chi connectivity index (χ1v) is 2.86. The molecule has 1 saturated heterocycles. The molecule has 0 bridgehead atoms. The van der Waals surface area contributed by atoms with Crippen LogP contribution in [0.3, 0.4) is 0 Å². The van der Waals surface area contributed by atoms with Crippen molar-refractivity contribution in [2.45, 2.75) is 19.3 Å². The molecule has 1 N–H and O–H groups in total. The van der Waals surface area contributed by atoms with Crippen LogP contribution in [-0.4, -0.2) is 18.1 Å². The predicted molar refractivity (Wildman–Crippen MR) is 28.5 cm³/mol. The van der Waals surface area contributed by atoms with Crippen LogP contribution in [0.2, 0.25) is 0 Å². The van der Waals surface area contributed by atoms with Gasteiger partial charge in [-0.15, -0.1) is 0 Å². The van der Waals surface area contributed by atoms with Crippen molar-refractivity contribution in [2.24, 2.45) is 0 Å². The molecule has 7 heavy (non-hydrogen) atoms. The Balaban J connectivity index is 2.12. The third kappa shape index (κ3) is 1.45. The summed E-state index contributed by atoms with van der Waals surface area (Å²) in [5, 5.41) is 1.64. The summed E-state index contributed by atoms with van der Waals surface area (Å²) >= 11 is 0. The standard InChI is InChI=1S/C5H11N2/c6-7-4-2-1-3-5-7/h6H,1-5H2. The molecule has 0 aromatic carbocycles. The average molecular weight is 99.2 g/mol. The van der Waals surface area contributed by atoms with E-state index in [0.29, 0.717) is 0 Å². The van der Waals surface area contributed by atoms with Gasteiger partial charge in [-0.3, -0.25) is 0 Å². The summed E-state index contributed by atoms with van der Waals surface area (Å²) in [4.78, 5) is 0. The van der Waals surface area contributed by atoms with Gasteiger partial charge in [-0.1, -0.05) is 6.42 Å². The van der Waals surface area contributed by atoms with E-state index in [-0.39, 0.29) is 0 Å². The minimum absolute atomic E-state index is 0.986. The van der Waals surface area contributed by atoms with Crippen molar-refractivity contribution in [3.05, 3.63) is 0 Å². The Kier molecular flexibility index (Phi) is 1.65. The van der Waals surface area contributed by atoms with E-state index in [1.54, 1.807) is 5.01 Å². The topological polar surface area (TPSA) is 27.0 Å². The Morgan fingerprint density at radius 2 is 1.57 bits per heavy atom. The van der Waals surface area contributed by atoms with Gasteiger partial charge in [0.05, 0.1) is 0 Å². The summed E-state index contributed by atoms with van der Waals surface area (Å²) in [5.41, 5.74) is 0. The molecule has 0 amide bonds. The highest BCUT2D eigenvalue weighted by Gasteiger charge is 2.03. The van der Waals surface area contributed by atoms with Gasteiger partial charge in [-0.05, 0) is 12.8 Å². The molecular formula is C5H11N2. The Labute approximate surface area is 44.3 Å². The van der Waals surface area contributed by atoms with E-state index in [9.17, 15) is 0 Å². The maximum absolute atomic E-state index is 7.11. The monoisotopic (exact) mass is 99.1 g/mol. The largest absolute Gasteiger partial charge is 0.230 e. The lowest BCUT2D eigenvalue weighted by atomic mass is 10.2. The number of nitrogens with one attached hydrogen (secondary N) is 1. The molecular weight excluding hydrogens is 88.1 g/mol. The normalized spacial score (nSPS) is 25.3. The summed E-state index contributed by atoms with van der Waals surface area (Å²) in [7, 11) is 0. The van der Waals surface area contributed by atoms with Crippen molar-refractivity contribution in [3.8, 4) is 0 Å². The first-order chi connectivity index (χ1) is 3.39. The van der Waals surface area contributed by atoms with Crippen molar-refractivity contribution in [2.75, 3.05) is 13.1 Å². The molecule has 0 unspecified atom stereocenters. The van der Waals surface area contributed by atoms with Crippen molar-refractivity contribution in [3.63, 3.8) is 0 Å². The summed E-state index contributed by atoms with van der Waals surface area (Å²) < 4.78 is 0. The molecule has 1 fully saturated rings. The van der Waals surface area contributed by atoms with Crippen LogP contribution >= 0.6 is 0 Å². The SMILES string of the molecule is [NH]N1CCCCC1. The van der Waals surface area contributed by atoms with E-state index in [1.165, 1.54) is 19.3 Å². The van der Waals surface area contributed by atoms with Gasteiger partial charge in [0.1, 0.15) is 0 Å². The lowest BCUT2D eigenvalue weighted by Gasteiger charge is -2.18. The van der Waals surface area contributed by atoms with E-state index < -0.39 is 0 Å². The summed E-state index contributed by atoms with van der Waals surface area (Å²) in [5.74, 6) is 7.11. The molecule has 0 aromatic heterocycles. The first-order valence-electron chi connectivity index (χ1n) is 2.86. The van der Waals surface area contributed by atoms with Crippen LogP contribution in [0.15, 0.2) is 0 Å². The Morgan fingerprint density at radius 1 is 1.00 bits per heavy atom. The summed E-state index contributed by atoms with van der Waals surface area (Å²) in [6.07, 6.45) is 3.78. The molecule has 0 aliphatic carbocycles. The molecule has 1 heterocycles. The fraction of sp³-hybridized carbons (Fsp3) is 1.00. The molecule has 1 aliphatic heterocycles. The Bertz CT molecular complexity index is 48.0. The molecule has 1 rings (SSSR count). The number of rotatable bonds is 0. The summed E-state index contributed by atoms with van der Waals surface area (Å²) in [6, 6.07) is 0. The fourth-order valence-corrected chi connectivity index (χ4v) is 0.894. The van der Waals surface area contributed by atoms with Gasteiger partial charge in [0, 0.05) is 13.1 Å². The van der Waals surface area contributed by atoms with E-state index in [4.69, 9.17) is 5.84 Å². The van der Waals surface area contributed by atoms with Gasteiger partial charge in [-0.2, -0.15) is 5.84 Å². The molecule has 1 radical (unpaired) electrons. The minimum Gasteiger partial charge on any atom is -0.230 e. The summed E-state index contributed by atoms with van der Waals surface area (Å²) in [6.45, 7) is 1.97. The molecule has 0 spiro atoms. The molecule has 2 heteroatoms. The molecule has 2 nitrogen and oxygen atoms in total. The average Bonchev–Trinajstić information content (AvgIpc) is 1.69.